The van der Waals surface area contributed by atoms with Gasteiger partial charge in [0.15, 0.2) is 4.80 Å². The van der Waals surface area contributed by atoms with Crippen molar-refractivity contribution in [3.05, 3.63) is 106 Å². The molecule has 5 nitrogen and oxygen atoms in total. The SMILES string of the molecule is CCOC(=O)/C=c1\sc2n(c1=O)C(c1ccc(Cl)cc1)C1=C(N=2)/C(=C/c2ccc(Cl)cc2)CCC1. The zero-order valence-corrected chi connectivity index (χ0v) is 21.3. The van der Waals surface area contributed by atoms with Gasteiger partial charge in [-0.1, -0.05) is 58.8 Å². The van der Waals surface area contributed by atoms with Crippen LogP contribution in [-0.4, -0.2) is 17.1 Å². The third-order valence-corrected chi connectivity index (χ3v) is 7.55. The van der Waals surface area contributed by atoms with Crippen molar-refractivity contribution < 1.29 is 9.53 Å². The Morgan fingerprint density at radius 3 is 2.49 bits per heavy atom. The Morgan fingerprint density at radius 2 is 1.80 bits per heavy atom. The van der Waals surface area contributed by atoms with E-state index in [1.165, 1.54) is 17.4 Å². The maximum absolute atomic E-state index is 13.5. The number of esters is 1. The third kappa shape index (κ3) is 4.79. The molecule has 2 heterocycles. The molecule has 1 aliphatic carbocycles. The van der Waals surface area contributed by atoms with E-state index in [4.69, 9.17) is 32.9 Å². The van der Waals surface area contributed by atoms with E-state index in [0.29, 0.717) is 19.4 Å². The monoisotopic (exact) mass is 524 g/mol. The van der Waals surface area contributed by atoms with Crippen molar-refractivity contribution in [1.82, 2.24) is 4.57 Å². The quantitative estimate of drug-likeness (QED) is 0.434. The fraction of sp³-hybridized carbons (Fsp3) is 0.222. The summed E-state index contributed by atoms with van der Waals surface area (Å²) >= 11 is 13.4. The number of allylic oxidation sites excluding steroid dienone is 2. The Bertz CT molecular complexity index is 1530. The third-order valence-electron chi connectivity index (χ3n) is 6.07. The first-order chi connectivity index (χ1) is 16.9. The zero-order valence-electron chi connectivity index (χ0n) is 19.0. The van der Waals surface area contributed by atoms with Crippen LogP contribution in [0.2, 0.25) is 10.0 Å². The number of rotatable bonds is 4. The molecule has 2 aliphatic rings. The molecule has 35 heavy (non-hydrogen) atoms. The molecule has 8 heteroatoms. The second-order valence-electron chi connectivity index (χ2n) is 8.33. The summed E-state index contributed by atoms with van der Waals surface area (Å²) in [6.45, 7) is 1.98. The summed E-state index contributed by atoms with van der Waals surface area (Å²) in [5.74, 6) is -0.534. The first-order valence-electron chi connectivity index (χ1n) is 11.4. The fourth-order valence-corrected chi connectivity index (χ4v) is 5.77. The van der Waals surface area contributed by atoms with E-state index < -0.39 is 5.97 Å². The number of aromatic nitrogens is 1. The molecule has 0 N–H and O–H groups in total. The lowest BCUT2D eigenvalue weighted by molar-refractivity contribution is -0.135. The van der Waals surface area contributed by atoms with Crippen molar-refractivity contribution in [2.45, 2.75) is 32.2 Å². The Morgan fingerprint density at radius 1 is 1.11 bits per heavy atom. The number of carbonyl (C=O) groups is 1. The van der Waals surface area contributed by atoms with Gasteiger partial charge in [0.25, 0.3) is 5.56 Å². The number of carbonyl (C=O) groups excluding carboxylic acids is 1. The largest absolute Gasteiger partial charge is 0.463 e. The van der Waals surface area contributed by atoms with Gasteiger partial charge in [0.05, 0.1) is 18.3 Å². The highest BCUT2D eigenvalue weighted by molar-refractivity contribution is 7.07. The highest BCUT2D eigenvalue weighted by Gasteiger charge is 2.32. The molecule has 1 unspecified atom stereocenters. The minimum atomic E-state index is -0.534. The van der Waals surface area contributed by atoms with E-state index in [1.54, 1.807) is 11.5 Å². The van der Waals surface area contributed by atoms with E-state index in [-0.39, 0.29) is 18.2 Å². The Kier molecular flexibility index (Phi) is 6.78. The van der Waals surface area contributed by atoms with Gasteiger partial charge in [0.2, 0.25) is 0 Å². The molecule has 5 rings (SSSR count). The Balaban J connectivity index is 1.73. The average molecular weight is 525 g/mol. The molecule has 0 saturated heterocycles. The summed E-state index contributed by atoms with van der Waals surface area (Å²) in [4.78, 5) is 31.1. The number of benzene rings is 2. The first-order valence-corrected chi connectivity index (χ1v) is 13.0. The van der Waals surface area contributed by atoms with E-state index in [2.05, 4.69) is 6.08 Å². The Hall–Kier alpha value is -2.93. The van der Waals surface area contributed by atoms with Crippen LogP contribution in [0.25, 0.3) is 12.2 Å². The molecule has 0 bridgehead atoms. The summed E-state index contributed by atoms with van der Waals surface area (Å²) in [5.41, 5.74) is 4.87. The molecule has 3 aromatic rings. The van der Waals surface area contributed by atoms with Gasteiger partial charge < -0.3 is 4.74 Å². The lowest BCUT2D eigenvalue weighted by atomic mass is 9.84. The van der Waals surface area contributed by atoms with Crippen LogP contribution in [0.1, 0.15) is 43.4 Å². The maximum atomic E-state index is 13.5. The van der Waals surface area contributed by atoms with Crippen molar-refractivity contribution in [1.29, 1.82) is 0 Å². The van der Waals surface area contributed by atoms with Crippen LogP contribution in [0, 0.1) is 0 Å². The molecule has 1 atom stereocenters. The van der Waals surface area contributed by atoms with Crippen LogP contribution in [0.5, 0.6) is 0 Å². The number of hydrogen-bond donors (Lipinski definition) is 0. The highest BCUT2D eigenvalue weighted by Crippen LogP contribution is 2.41. The smallest absolute Gasteiger partial charge is 0.332 e. The second-order valence-corrected chi connectivity index (χ2v) is 10.2. The van der Waals surface area contributed by atoms with Crippen LogP contribution in [0.4, 0.5) is 0 Å². The lowest BCUT2D eigenvalue weighted by Crippen LogP contribution is -2.39. The standard InChI is InChI=1S/C27H22Cl2N2O3S/c1-2-34-23(32)15-22-26(33)31-25(17-8-12-20(29)13-9-17)21-5-3-4-18(24(21)30-27(31)35-22)14-16-6-10-19(28)11-7-16/h6-15,25H,2-5H2,1H3/b18-14+,22-15-. The molecule has 0 spiro atoms. The lowest BCUT2D eigenvalue weighted by Gasteiger charge is -2.31. The number of hydrogen-bond acceptors (Lipinski definition) is 5. The molecule has 2 aromatic carbocycles. The summed E-state index contributed by atoms with van der Waals surface area (Å²) in [5, 5.41) is 1.32. The molecular weight excluding hydrogens is 503 g/mol. The summed E-state index contributed by atoms with van der Waals surface area (Å²) in [7, 11) is 0. The predicted octanol–water partition coefficient (Wildman–Crippen LogP) is 5.30. The minimum absolute atomic E-state index is 0.244. The summed E-state index contributed by atoms with van der Waals surface area (Å²) in [6, 6.07) is 14.9. The van der Waals surface area contributed by atoms with E-state index in [9.17, 15) is 9.59 Å². The summed E-state index contributed by atoms with van der Waals surface area (Å²) in [6.07, 6.45) is 6.06. The van der Waals surface area contributed by atoms with E-state index in [0.717, 1.165) is 47.2 Å². The molecular formula is C27H22Cl2N2O3S. The van der Waals surface area contributed by atoms with Gasteiger partial charge in [-0.15, -0.1) is 0 Å². The number of ether oxygens (including phenoxy) is 1. The molecule has 0 fully saturated rings. The number of nitrogens with zero attached hydrogens (tertiary/aromatic N) is 2. The number of thiazole rings is 1. The number of fused-ring (bicyclic) bond motifs is 1. The average Bonchev–Trinajstić information content (AvgIpc) is 3.15. The topological polar surface area (TPSA) is 60.7 Å². The summed E-state index contributed by atoms with van der Waals surface area (Å²) < 4.78 is 7.04. The highest BCUT2D eigenvalue weighted by atomic mass is 35.5. The second kappa shape index (κ2) is 9.97. The molecule has 0 saturated carbocycles. The molecule has 1 aromatic heterocycles. The van der Waals surface area contributed by atoms with Crippen molar-refractivity contribution in [3.8, 4) is 0 Å². The molecule has 0 amide bonds. The van der Waals surface area contributed by atoms with Gasteiger partial charge in [-0.25, -0.2) is 9.79 Å². The normalized spacial score (nSPS) is 18.8. The molecule has 1 aliphatic heterocycles. The van der Waals surface area contributed by atoms with Crippen LogP contribution >= 0.6 is 34.5 Å². The predicted molar refractivity (Wildman–Crippen MR) is 140 cm³/mol. The maximum Gasteiger partial charge on any atom is 0.332 e. The van der Waals surface area contributed by atoms with Crippen molar-refractivity contribution in [3.63, 3.8) is 0 Å². The van der Waals surface area contributed by atoms with Gasteiger partial charge in [0.1, 0.15) is 4.53 Å². The molecule has 0 radical (unpaired) electrons. The minimum Gasteiger partial charge on any atom is -0.463 e. The Labute approximate surface area is 216 Å². The van der Waals surface area contributed by atoms with Crippen molar-refractivity contribution >= 4 is 52.7 Å². The first kappa shape index (κ1) is 23.8. The van der Waals surface area contributed by atoms with Crippen LogP contribution in [0.15, 0.2) is 75.2 Å². The van der Waals surface area contributed by atoms with Crippen LogP contribution in [0.3, 0.4) is 0 Å². The van der Waals surface area contributed by atoms with E-state index in [1.807, 2.05) is 48.5 Å². The molecule has 178 valence electrons. The van der Waals surface area contributed by atoms with Gasteiger partial charge >= 0.3 is 5.97 Å². The van der Waals surface area contributed by atoms with Crippen molar-refractivity contribution in [2.24, 2.45) is 4.99 Å². The van der Waals surface area contributed by atoms with Crippen LogP contribution in [-0.2, 0) is 9.53 Å². The van der Waals surface area contributed by atoms with Gasteiger partial charge in [0, 0.05) is 16.1 Å². The van der Waals surface area contributed by atoms with Gasteiger partial charge in [-0.3, -0.25) is 9.36 Å². The van der Waals surface area contributed by atoms with E-state index >= 15 is 0 Å². The fourth-order valence-electron chi connectivity index (χ4n) is 4.55. The van der Waals surface area contributed by atoms with Gasteiger partial charge in [-0.2, -0.15) is 0 Å². The van der Waals surface area contributed by atoms with Crippen molar-refractivity contribution in [2.75, 3.05) is 6.61 Å². The van der Waals surface area contributed by atoms with Gasteiger partial charge in [-0.05, 0) is 78.8 Å². The van der Waals surface area contributed by atoms with Crippen LogP contribution < -0.4 is 14.9 Å². The zero-order chi connectivity index (χ0) is 24.5. The number of halogens is 2.